The molecule has 0 spiro atoms. The second kappa shape index (κ2) is 3.59. The second-order valence-corrected chi connectivity index (χ2v) is 3.74. The third kappa shape index (κ3) is 1.54. The lowest BCUT2D eigenvalue weighted by Crippen LogP contribution is -1.91. The fraction of sp³-hybridized carbons (Fsp3) is 0. The molecule has 1 aromatic carbocycles. The normalized spacial score (nSPS) is 10.9. The molecular weight excluding hydrogens is 219 g/mol. The van der Waals surface area contributed by atoms with E-state index in [4.69, 9.17) is 0 Å². The Bertz CT molecular complexity index is 691. The van der Waals surface area contributed by atoms with Crippen LogP contribution in [0.2, 0.25) is 0 Å². The average Bonchev–Trinajstić information content (AvgIpc) is 2.72. The van der Waals surface area contributed by atoms with E-state index in [2.05, 4.69) is 4.98 Å². The average molecular weight is 228 g/mol. The molecule has 17 heavy (non-hydrogen) atoms. The first-order chi connectivity index (χ1) is 8.25. The Morgan fingerprint density at radius 2 is 1.94 bits per heavy atom. The molecule has 0 fully saturated rings. The zero-order valence-corrected chi connectivity index (χ0v) is 8.84. The smallest absolute Gasteiger partial charge is 0.147 e. The number of hydrogen-bond donors (Lipinski definition) is 1. The van der Waals surface area contributed by atoms with Gasteiger partial charge in [0.25, 0.3) is 0 Å². The van der Waals surface area contributed by atoms with E-state index >= 15 is 0 Å². The lowest BCUT2D eigenvalue weighted by Gasteiger charge is -2.03. The number of pyridine rings is 1. The Morgan fingerprint density at radius 1 is 1.12 bits per heavy atom. The van der Waals surface area contributed by atoms with Crippen molar-refractivity contribution in [2.24, 2.45) is 0 Å². The standard InChI is InChI=1S/C13H9FN2O/c14-12-4-2-1-3-11(12)13-15-7-9-5-6-10(17)8-16(9)13/h1-8,17H. The maximum Gasteiger partial charge on any atom is 0.147 e. The van der Waals surface area contributed by atoms with Crippen LogP contribution < -0.4 is 0 Å². The van der Waals surface area contributed by atoms with Crippen molar-refractivity contribution < 1.29 is 9.50 Å². The summed E-state index contributed by atoms with van der Waals surface area (Å²) in [5.41, 5.74) is 1.22. The molecule has 84 valence electrons. The molecule has 3 rings (SSSR count). The molecule has 0 saturated carbocycles. The molecule has 0 amide bonds. The van der Waals surface area contributed by atoms with Crippen LogP contribution in [0.3, 0.4) is 0 Å². The third-order valence-corrected chi connectivity index (χ3v) is 2.63. The first kappa shape index (κ1) is 9.84. The van der Waals surface area contributed by atoms with E-state index in [1.165, 1.54) is 12.3 Å². The Hall–Kier alpha value is -2.36. The van der Waals surface area contributed by atoms with E-state index < -0.39 is 0 Å². The molecule has 0 aliphatic heterocycles. The van der Waals surface area contributed by atoms with Gasteiger partial charge >= 0.3 is 0 Å². The molecule has 0 unspecified atom stereocenters. The summed E-state index contributed by atoms with van der Waals surface area (Å²) in [5.74, 6) is 0.269. The molecule has 1 N–H and O–H groups in total. The van der Waals surface area contributed by atoms with Gasteiger partial charge in [-0.15, -0.1) is 0 Å². The van der Waals surface area contributed by atoms with Gasteiger partial charge in [0.05, 0.1) is 23.5 Å². The van der Waals surface area contributed by atoms with Crippen molar-refractivity contribution in [2.45, 2.75) is 0 Å². The number of rotatable bonds is 1. The molecular formula is C13H9FN2O. The van der Waals surface area contributed by atoms with Crippen LogP contribution in [0.4, 0.5) is 4.39 Å². The van der Waals surface area contributed by atoms with Crippen LogP contribution in [-0.2, 0) is 0 Å². The van der Waals surface area contributed by atoms with E-state index in [0.29, 0.717) is 11.4 Å². The van der Waals surface area contributed by atoms with Crippen molar-refractivity contribution in [1.82, 2.24) is 9.38 Å². The lowest BCUT2D eigenvalue weighted by molar-refractivity contribution is 0.472. The number of aromatic hydroxyl groups is 1. The highest BCUT2D eigenvalue weighted by Crippen LogP contribution is 2.24. The quantitative estimate of drug-likeness (QED) is 0.695. The van der Waals surface area contributed by atoms with Crippen LogP contribution in [-0.4, -0.2) is 14.5 Å². The summed E-state index contributed by atoms with van der Waals surface area (Å²) in [5, 5.41) is 9.45. The molecule has 0 bridgehead atoms. The van der Waals surface area contributed by atoms with Crippen LogP contribution in [0.1, 0.15) is 0 Å². The molecule has 3 nitrogen and oxygen atoms in total. The molecule has 0 saturated heterocycles. The number of halogens is 1. The molecule has 2 aromatic heterocycles. The van der Waals surface area contributed by atoms with Crippen LogP contribution in [0, 0.1) is 5.82 Å². The molecule has 0 aliphatic carbocycles. The number of nitrogens with zero attached hydrogens (tertiary/aromatic N) is 2. The summed E-state index contributed by atoms with van der Waals surface area (Å²) in [6, 6.07) is 9.73. The van der Waals surface area contributed by atoms with Gasteiger partial charge in [0.2, 0.25) is 0 Å². The van der Waals surface area contributed by atoms with Crippen LogP contribution in [0.15, 0.2) is 48.8 Å². The van der Waals surface area contributed by atoms with Gasteiger partial charge in [-0.1, -0.05) is 12.1 Å². The van der Waals surface area contributed by atoms with Crippen molar-refractivity contribution in [3.63, 3.8) is 0 Å². The van der Waals surface area contributed by atoms with Gasteiger partial charge in [-0.25, -0.2) is 9.37 Å². The topological polar surface area (TPSA) is 37.5 Å². The van der Waals surface area contributed by atoms with Gasteiger partial charge in [-0.3, -0.25) is 4.40 Å². The van der Waals surface area contributed by atoms with Crippen molar-refractivity contribution in [3.05, 3.63) is 54.6 Å². The van der Waals surface area contributed by atoms with Crippen LogP contribution >= 0.6 is 0 Å². The summed E-state index contributed by atoms with van der Waals surface area (Å²) >= 11 is 0. The zero-order valence-electron chi connectivity index (χ0n) is 8.84. The Balaban J connectivity index is 2.31. The highest BCUT2D eigenvalue weighted by molar-refractivity contribution is 5.63. The highest BCUT2D eigenvalue weighted by Gasteiger charge is 2.10. The van der Waals surface area contributed by atoms with Crippen molar-refractivity contribution in [3.8, 4) is 17.1 Å². The van der Waals surface area contributed by atoms with Gasteiger partial charge in [-0.2, -0.15) is 0 Å². The minimum absolute atomic E-state index is 0.119. The molecule has 0 aliphatic rings. The van der Waals surface area contributed by atoms with Gasteiger partial charge < -0.3 is 5.11 Å². The van der Waals surface area contributed by atoms with Gasteiger partial charge in [-0.05, 0) is 24.3 Å². The van der Waals surface area contributed by atoms with Crippen molar-refractivity contribution in [2.75, 3.05) is 0 Å². The number of aromatic nitrogens is 2. The number of imidazole rings is 1. The monoisotopic (exact) mass is 228 g/mol. The minimum Gasteiger partial charge on any atom is -0.506 e. The van der Waals surface area contributed by atoms with Crippen molar-refractivity contribution >= 4 is 5.52 Å². The van der Waals surface area contributed by atoms with Crippen LogP contribution in [0.5, 0.6) is 5.75 Å². The Morgan fingerprint density at radius 3 is 2.76 bits per heavy atom. The summed E-state index contributed by atoms with van der Waals surface area (Å²) in [4.78, 5) is 4.18. The number of hydrogen-bond acceptors (Lipinski definition) is 2. The summed E-state index contributed by atoms with van der Waals surface area (Å²) in [6.07, 6.45) is 3.16. The Labute approximate surface area is 96.8 Å². The van der Waals surface area contributed by atoms with E-state index in [-0.39, 0.29) is 11.6 Å². The zero-order chi connectivity index (χ0) is 11.8. The van der Waals surface area contributed by atoms with E-state index in [1.54, 1.807) is 40.9 Å². The second-order valence-electron chi connectivity index (χ2n) is 3.74. The summed E-state index contributed by atoms with van der Waals surface area (Å²) in [6.45, 7) is 0. The molecule has 3 aromatic rings. The summed E-state index contributed by atoms with van der Waals surface area (Å²) < 4.78 is 15.3. The minimum atomic E-state index is -0.330. The number of benzene rings is 1. The SMILES string of the molecule is Oc1ccc2cnc(-c3ccccc3F)n2c1. The van der Waals surface area contributed by atoms with E-state index in [0.717, 1.165) is 5.52 Å². The fourth-order valence-corrected chi connectivity index (χ4v) is 1.82. The Kier molecular flexibility index (Phi) is 2.08. The first-order valence-electron chi connectivity index (χ1n) is 5.17. The molecule has 0 radical (unpaired) electrons. The predicted molar refractivity (Wildman–Crippen MR) is 62.3 cm³/mol. The maximum absolute atomic E-state index is 13.7. The van der Waals surface area contributed by atoms with E-state index in [9.17, 15) is 9.50 Å². The number of fused-ring (bicyclic) bond motifs is 1. The fourth-order valence-electron chi connectivity index (χ4n) is 1.82. The molecule has 4 heteroatoms. The van der Waals surface area contributed by atoms with Crippen LogP contribution in [0.25, 0.3) is 16.9 Å². The predicted octanol–water partition coefficient (Wildman–Crippen LogP) is 2.85. The van der Waals surface area contributed by atoms with Gasteiger partial charge in [0.1, 0.15) is 17.4 Å². The summed E-state index contributed by atoms with van der Waals surface area (Å²) in [7, 11) is 0. The molecule has 2 heterocycles. The van der Waals surface area contributed by atoms with Crippen molar-refractivity contribution in [1.29, 1.82) is 0 Å². The lowest BCUT2D eigenvalue weighted by atomic mass is 10.2. The highest BCUT2D eigenvalue weighted by atomic mass is 19.1. The largest absolute Gasteiger partial charge is 0.506 e. The first-order valence-corrected chi connectivity index (χ1v) is 5.17. The maximum atomic E-state index is 13.7. The van der Waals surface area contributed by atoms with Gasteiger partial charge in [0, 0.05) is 0 Å². The third-order valence-electron chi connectivity index (χ3n) is 2.63. The van der Waals surface area contributed by atoms with Gasteiger partial charge in [0.15, 0.2) is 0 Å². The van der Waals surface area contributed by atoms with E-state index in [1.807, 2.05) is 0 Å². The molecule has 0 atom stereocenters.